The van der Waals surface area contributed by atoms with Crippen molar-refractivity contribution >= 4 is 5.91 Å². The van der Waals surface area contributed by atoms with Gasteiger partial charge in [0, 0.05) is 26.2 Å². The van der Waals surface area contributed by atoms with Gasteiger partial charge in [0.15, 0.2) is 0 Å². The maximum Gasteiger partial charge on any atom is 0.220 e. The zero-order valence-corrected chi connectivity index (χ0v) is 11.6. The molecule has 0 saturated heterocycles. The van der Waals surface area contributed by atoms with E-state index in [1.807, 2.05) is 0 Å². The van der Waals surface area contributed by atoms with Crippen LogP contribution in [0.5, 0.6) is 0 Å². The van der Waals surface area contributed by atoms with E-state index in [9.17, 15) is 4.79 Å². The topological polar surface area (TPSA) is 38.3 Å². The van der Waals surface area contributed by atoms with E-state index in [1.165, 1.54) is 12.8 Å². The lowest BCUT2D eigenvalue weighted by Gasteiger charge is -2.34. The minimum atomic E-state index is 0.214. The molecule has 17 heavy (non-hydrogen) atoms. The second kappa shape index (κ2) is 7.00. The second-order valence-corrected chi connectivity index (χ2v) is 5.96. The van der Waals surface area contributed by atoms with Crippen molar-refractivity contribution in [1.82, 2.24) is 5.32 Å². The molecule has 1 aliphatic carbocycles. The van der Waals surface area contributed by atoms with Crippen LogP contribution in [0.4, 0.5) is 0 Å². The van der Waals surface area contributed by atoms with Crippen LogP contribution in [0.3, 0.4) is 0 Å². The molecule has 1 rings (SSSR count). The third kappa shape index (κ3) is 6.06. The van der Waals surface area contributed by atoms with Gasteiger partial charge in [-0.3, -0.25) is 4.79 Å². The predicted octanol–water partition coefficient (Wildman–Crippen LogP) is 2.89. The quantitative estimate of drug-likeness (QED) is 0.726. The third-order valence-corrected chi connectivity index (χ3v) is 3.71. The van der Waals surface area contributed by atoms with Crippen LogP contribution in [0, 0.1) is 5.41 Å². The van der Waals surface area contributed by atoms with Gasteiger partial charge in [-0.2, -0.15) is 0 Å². The fourth-order valence-corrected chi connectivity index (χ4v) is 2.38. The number of hydrogen-bond acceptors (Lipinski definition) is 2. The summed E-state index contributed by atoms with van der Waals surface area (Å²) >= 11 is 0. The van der Waals surface area contributed by atoms with Crippen molar-refractivity contribution in [2.75, 3.05) is 13.7 Å². The van der Waals surface area contributed by atoms with Crippen molar-refractivity contribution in [3.05, 3.63) is 0 Å². The maximum absolute atomic E-state index is 11.7. The highest BCUT2D eigenvalue weighted by Crippen LogP contribution is 2.34. The molecule has 3 heteroatoms. The van der Waals surface area contributed by atoms with E-state index in [0.29, 0.717) is 17.9 Å². The van der Waals surface area contributed by atoms with E-state index in [-0.39, 0.29) is 5.91 Å². The fraction of sp³-hybridized carbons (Fsp3) is 0.929. The minimum Gasteiger partial charge on any atom is -0.385 e. The molecule has 100 valence electrons. The first-order chi connectivity index (χ1) is 8.03. The van der Waals surface area contributed by atoms with Gasteiger partial charge in [-0.15, -0.1) is 0 Å². The molecule has 3 nitrogen and oxygen atoms in total. The van der Waals surface area contributed by atoms with Gasteiger partial charge in [-0.05, 0) is 43.9 Å². The van der Waals surface area contributed by atoms with Gasteiger partial charge in [-0.25, -0.2) is 0 Å². The Morgan fingerprint density at radius 1 is 1.29 bits per heavy atom. The molecule has 1 N–H and O–H groups in total. The summed E-state index contributed by atoms with van der Waals surface area (Å²) in [5.74, 6) is 0.214. The zero-order valence-electron chi connectivity index (χ0n) is 11.6. The highest BCUT2D eigenvalue weighted by molar-refractivity contribution is 5.76. The Morgan fingerprint density at radius 2 is 1.94 bits per heavy atom. The first-order valence-electron chi connectivity index (χ1n) is 6.82. The van der Waals surface area contributed by atoms with Gasteiger partial charge in [-0.1, -0.05) is 13.8 Å². The summed E-state index contributed by atoms with van der Waals surface area (Å²) in [5, 5.41) is 3.15. The first-order valence-corrected chi connectivity index (χ1v) is 6.82. The summed E-state index contributed by atoms with van der Waals surface area (Å²) in [6.07, 6.45) is 7.26. The summed E-state index contributed by atoms with van der Waals surface area (Å²) in [7, 11) is 1.70. The largest absolute Gasteiger partial charge is 0.385 e. The van der Waals surface area contributed by atoms with Crippen molar-refractivity contribution in [2.24, 2.45) is 5.41 Å². The number of carbonyl (C=O) groups excluding carboxylic acids is 1. The number of unbranched alkanes of at least 4 members (excludes halogenated alkanes) is 1. The summed E-state index contributed by atoms with van der Waals surface area (Å²) in [6, 6.07) is 0.415. The van der Waals surface area contributed by atoms with Crippen LogP contribution in [0.2, 0.25) is 0 Å². The molecule has 1 fully saturated rings. The third-order valence-electron chi connectivity index (χ3n) is 3.71. The van der Waals surface area contributed by atoms with Gasteiger partial charge in [0.05, 0.1) is 0 Å². The van der Waals surface area contributed by atoms with Crippen LogP contribution in [0.1, 0.15) is 58.8 Å². The maximum atomic E-state index is 11.7. The Kier molecular flexibility index (Phi) is 5.96. The van der Waals surface area contributed by atoms with Crippen LogP contribution < -0.4 is 5.32 Å². The Hall–Kier alpha value is -0.570. The van der Waals surface area contributed by atoms with Crippen LogP contribution in [-0.2, 0) is 9.53 Å². The molecule has 0 aromatic carbocycles. The number of hydrogen-bond donors (Lipinski definition) is 1. The predicted molar refractivity (Wildman–Crippen MR) is 69.9 cm³/mol. The summed E-state index contributed by atoms with van der Waals surface area (Å²) in [4.78, 5) is 11.7. The van der Waals surface area contributed by atoms with E-state index in [0.717, 1.165) is 32.3 Å². The van der Waals surface area contributed by atoms with Crippen molar-refractivity contribution in [1.29, 1.82) is 0 Å². The number of ether oxygens (including phenoxy) is 1. The number of methoxy groups -OCH3 is 1. The van der Waals surface area contributed by atoms with E-state index >= 15 is 0 Å². The molecule has 0 aromatic rings. The molecule has 0 spiro atoms. The van der Waals surface area contributed by atoms with Crippen LogP contribution in [0.25, 0.3) is 0 Å². The Balaban J connectivity index is 2.11. The van der Waals surface area contributed by atoms with Crippen molar-refractivity contribution in [3.8, 4) is 0 Å². The molecule has 0 aromatic heterocycles. The molecule has 0 heterocycles. The van der Waals surface area contributed by atoms with E-state index in [2.05, 4.69) is 19.2 Å². The molecule has 1 saturated carbocycles. The number of carbonyl (C=O) groups is 1. The standard InChI is InChI=1S/C14H27NO2/c1-14(2)9-7-12(8-10-14)15-13(16)6-4-5-11-17-3/h12H,4-11H2,1-3H3,(H,15,16). The molecule has 0 atom stereocenters. The SMILES string of the molecule is COCCCCC(=O)NC1CCC(C)(C)CC1. The normalized spacial score (nSPS) is 20.2. The number of amides is 1. The molecule has 1 amide bonds. The van der Waals surface area contributed by atoms with Gasteiger partial charge in [0.1, 0.15) is 0 Å². The molecule has 0 bridgehead atoms. The fourth-order valence-electron chi connectivity index (χ4n) is 2.38. The van der Waals surface area contributed by atoms with Crippen LogP contribution >= 0.6 is 0 Å². The lowest BCUT2D eigenvalue weighted by molar-refractivity contribution is -0.122. The van der Waals surface area contributed by atoms with Crippen LogP contribution in [-0.4, -0.2) is 25.7 Å². The molecular weight excluding hydrogens is 214 g/mol. The smallest absolute Gasteiger partial charge is 0.220 e. The highest BCUT2D eigenvalue weighted by Gasteiger charge is 2.27. The van der Waals surface area contributed by atoms with Gasteiger partial charge >= 0.3 is 0 Å². The number of rotatable bonds is 6. The minimum absolute atomic E-state index is 0.214. The summed E-state index contributed by atoms with van der Waals surface area (Å²) in [5.41, 5.74) is 0.472. The van der Waals surface area contributed by atoms with Gasteiger partial charge < -0.3 is 10.1 Å². The molecule has 1 aliphatic rings. The van der Waals surface area contributed by atoms with Gasteiger partial charge in [0.2, 0.25) is 5.91 Å². The lowest BCUT2D eigenvalue weighted by atomic mass is 9.75. The van der Waals surface area contributed by atoms with Gasteiger partial charge in [0.25, 0.3) is 0 Å². The monoisotopic (exact) mass is 241 g/mol. The molecule has 0 unspecified atom stereocenters. The van der Waals surface area contributed by atoms with Crippen molar-refractivity contribution in [2.45, 2.75) is 64.8 Å². The van der Waals surface area contributed by atoms with E-state index in [1.54, 1.807) is 7.11 Å². The highest BCUT2D eigenvalue weighted by atomic mass is 16.5. The Morgan fingerprint density at radius 3 is 2.53 bits per heavy atom. The van der Waals surface area contributed by atoms with E-state index < -0.39 is 0 Å². The van der Waals surface area contributed by atoms with E-state index in [4.69, 9.17) is 4.74 Å². The Bertz CT molecular complexity index is 228. The summed E-state index contributed by atoms with van der Waals surface area (Å²) < 4.78 is 4.96. The van der Waals surface area contributed by atoms with Crippen molar-refractivity contribution in [3.63, 3.8) is 0 Å². The lowest BCUT2D eigenvalue weighted by Crippen LogP contribution is -2.39. The average Bonchev–Trinajstić information content (AvgIpc) is 2.28. The molecule has 0 aliphatic heterocycles. The second-order valence-electron chi connectivity index (χ2n) is 5.96. The Labute approximate surface area is 105 Å². The molecular formula is C14H27NO2. The molecule has 0 radical (unpaired) electrons. The first kappa shape index (κ1) is 14.5. The zero-order chi connectivity index (χ0) is 12.7. The van der Waals surface area contributed by atoms with Crippen molar-refractivity contribution < 1.29 is 9.53 Å². The average molecular weight is 241 g/mol. The number of nitrogens with one attached hydrogen (secondary N) is 1. The van der Waals surface area contributed by atoms with Crippen LogP contribution in [0.15, 0.2) is 0 Å². The summed E-state index contributed by atoms with van der Waals surface area (Å²) in [6.45, 7) is 5.39.